The van der Waals surface area contributed by atoms with Crippen molar-refractivity contribution in [2.24, 2.45) is 0 Å². The maximum atomic E-state index is 5.71. The summed E-state index contributed by atoms with van der Waals surface area (Å²) in [6.45, 7) is 2.83. The lowest BCUT2D eigenvalue weighted by molar-refractivity contribution is 0.362. The zero-order valence-corrected chi connectivity index (χ0v) is 15.1. The molecule has 0 aliphatic heterocycles. The largest absolute Gasteiger partial charge is 0.497 e. The molecule has 0 fully saturated rings. The molecule has 0 spiro atoms. The van der Waals surface area contributed by atoms with E-state index in [1.165, 1.54) is 19.3 Å². The molecule has 130 valence electrons. The number of unbranched alkanes of at least 4 members (excludes halogenated alkanes) is 3. The lowest BCUT2D eigenvalue weighted by Crippen LogP contribution is -1.93. The lowest BCUT2D eigenvalue weighted by Gasteiger charge is -2.02. The predicted molar refractivity (Wildman–Crippen MR) is 104 cm³/mol. The molecule has 0 unspecified atom stereocenters. The molecule has 0 radical (unpaired) electrons. The van der Waals surface area contributed by atoms with Gasteiger partial charge in [0.05, 0.1) is 7.11 Å². The molecule has 0 bridgehead atoms. The van der Waals surface area contributed by atoms with Gasteiger partial charge in [-0.15, -0.1) is 0 Å². The molecule has 0 aliphatic rings. The van der Waals surface area contributed by atoms with Crippen LogP contribution in [0.25, 0.3) is 0 Å². The van der Waals surface area contributed by atoms with Crippen LogP contribution in [0.1, 0.15) is 43.7 Å². The number of hydrogen-bond acceptors (Lipinski definition) is 2. The molecule has 25 heavy (non-hydrogen) atoms. The van der Waals surface area contributed by atoms with Crippen molar-refractivity contribution in [2.45, 2.75) is 32.6 Å². The van der Waals surface area contributed by atoms with Gasteiger partial charge in [-0.2, -0.15) is 0 Å². The number of hydrogen-bond donors (Lipinski definition) is 0. The highest BCUT2D eigenvalue weighted by Gasteiger charge is 1.93. The minimum atomic E-state index is 0.614. The van der Waals surface area contributed by atoms with Gasteiger partial charge in [-0.25, -0.2) is 0 Å². The van der Waals surface area contributed by atoms with E-state index in [0.717, 1.165) is 29.0 Å². The maximum absolute atomic E-state index is 5.71. The van der Waals surface area contributed by atoms with E-state index >= 15 is 0 Å². The van der Waals surface area contributed by atoms with Gasteiger partial charge in [0.15, 0.2) is 0 Å². The number of benzene rings is 2. The first kappa shape index (κ1) is 18.7. The summed E-state index contributed by atoms with van der Waals surface area (Å²) in [4.78, 5) is 0. The van der Waals surface area contributed by atoms with E-state index in [4.69, 9.17) is 9.47 Å². The van der Waals surface area contributed by atoms with Gasteiger partial charge in [-0.1, -0.05) is 43.8 Å². The quantitative estimate of drug-likeness (QED) is 0.355. The molecule has 0 atom stereocenters. The predicted octanol–water partition coefficient (Wildman–Crippen LogP) is 5.61. The third-order valence-electron chi connectivity index (χ3n) is 3.78. The Balaban J connectivity index is 1.80. The molecule has 2 rings (SSSR count). The summed E-state index contributed by atoms with van der Waals surface area (Å²) in [6.07, 6.45) is 9.24. The van der Waals surface area contributed by atoms with E-state index < -0.39 is 0 Å². The zero-order valence-electron chi connectivity index (χ0n) is 15.1. The maximum Gasteiger partial charge on any atom is 0.119 e. The molecule has 0 heterocycles. The van der Waals surface area contributed by atoms with Crippen molar-refractivity contribution in [2.75, 3.05) is 13.7 Å². The van der Waals surface area contributed by atoms with Crippen molar-refractivity contribution < 1.29 is 9.47 Å². The van der Waals surface area contributed by atoms with Gasteiger partial charge < -0.3 is 9.47 Å². The summed E-state index contributed by atoms with van der Waals surface area (Å²) in [6, 6.07) is 15.6. The minimum Gasteiger partial charge on any atom is -0.497 e. The molecule has 2 aromatic rings. The lowest BCUT2D eigenvalue weighted by atomic mass is 10.2. The van der Waals surface area contributed by atoms with Crippen molar-refractivity contribution in [1.29, 1.82) is 0 Å². The molecule has 0 saturated carbocycles. The van der Waals surface area contributed by atoms with Gasteiger partial charge in [-0.05, 0) is 61.4 Å². The second-order valence-corrected chi connectivity index (χ2v) is 5.78. The standard InChI is InChI=1S/C23H26O2/c1-3-4-5-6-7-8-19-25-23-17-13-21(14-18-23)10-9-20-11-15-22(24-2)16-12-20/h7-8,11-18H,3-6,19H2,1-2H3. The van der Waals surface area contributed by atoms with Crippen LogP contribution in [0, 0.1) is 11.8 Å². The smallest absolute Gasteiger partial charge is 0.119 e. The SMILES string of the molecule is CCCCCC=CCOc1ccc(C#Cc2ccc(OC)cc2)cc1. The Morgan fingerprint density at radius 3 is 1.96 bits per heavy atom. The Hall–Kier alpha value is -2.66. The summed E-state index contributed by atoms with van der Waals surface area (Å²) in [5, 5.41) is 0. The molecular weight excluding hydrogens is 308 g/mol. The van der Waals surface area contributed by atoms with Crippen LogP contribution >= 0.6 is 0 Å². The topological polar surface area (TPSA) is 18.5 Å². The summed E-state index contributed by atoms with van der Waals surface area (Å²) < 4.78 is 10.8. The summed E-state index contributed by atoms with van der Waals surface area (Å²) >= 11 is 0. The summed E-state index contributed by atoms with van der Waals surface area (Å²) in [7, 11) is 1.66. The Morgan fingerprint density at radius 2 is 1.40 bits per heavy atom. The fraction of sp³-hybridized carbons (Fsp3) is 0.304. The Kier molecular flexibility index (Phi) is 8.21. The first-order chi connectivity index (χ1) is 12.3. The molecular formula is C23H26O2. The molecule has 0 saturated heterocycles. The highest BCUT2D eigenvalue weighted by molar-refractivity contribution is 5.45. The molecule has 2 heteroatoms. The van der Waals surface area contributed by atoms with E-state index in [0.29, 0.717) is 6.61 Å². The van der Waals surface area contributed by atoms with E-state index in [2.05, 4.69) is 30.9 Å². The highest BCUT2D eigenvalue weighted by Crippen LogP contribution is 2.13. The van der Waals surface area contributed by atoms with Crippen LogP contribution in [0.4, 0.5) is 0 Å². The molecule has 2 nitrogen and oxygen atoms in total. The van der Waals surface area contributed by atoms with Gasteiger partial charge in [-0.3, -0.25) is 0 Å². The summed E-state index contributed by atoms with van der Waals surface area (Å²) in [5.74, 6) is 8.02. The second kappa shape index (κ2) is 11.0. The third kappa shape index (κ3) is 7.18. The van der Waals surface area contributed by atoms with Crippen LogP contribution in [-0.4, -0.2) is 13.7 Å². The second-order valence-electron chi connectivity index (χ2n) is 5.78. The Labute approximate surface area is 151 Å². The normalized spacial score (nSPS) is 10.3. The fourth-order valence-corrected chi connectivity index (χ4v) is 2.30. The molecule has 0 N–H and O–H groups in total. The summed E-state index contributed by atoms with van der Waals surface area (Å²) in [5.41, 5.74) is 1.94. The number of allylic oxidation sites excluding steroid dienone is 1. The van der Waals surface area contributed by atoms with Crippen molar-refractivity contribution in [1.82, 2.24) is 0 Å². The minimum absolute atomic E-state index is 0.614. The van der Waals surface area contributed by atoms with Crippen LogP contribution in [0.2, 0.25) is 0 Å². The number of methoxy groups -OCH3 is 1. The number of rotatable bonds is 8. The van der Waals surface area contributed by atoms with Crippen molar-refractivity contribution >= 4 is 0 Å². The molecule has 2 aromatic carbocycles. The van der Waals surface area contributed by atoms with E-state index in [1.54, 1.807) is 7.11 Å². The molecule has 0 amide bonds. The Morgan fingerprint density at radius 1 is 0.800 bits per heavy atom. The van der Waals surface area contributed by atoms with Gasteiger partial charge in [0.2, 0.25) is 0 Å². The van der Waals surface area contributed by atoms with Gasteiger partial charge in [0.1, 0.15) is 18.1 Å². The van der Waals surface area contributed by atoms with E-state index in [-0.39, 0.29) is 0 Å². The average Bonchev–Trinajstić information content (AvgIpc) is 2.67. The Bertz CT molecular complexity index is 700. The van der Waals surface area contributed by atoms with Crippen LogP contribution in [0.5, 0.6) is 11.5 Å². The van der Waals surface area contributed by atoms with Crippen LogP contribution < -0.4 is 9.47 Å². The van der Waals surface area contributed by atoms with Gasteiger partial charge in [0, 0.05) is 11.1 Å². The number of ether oxygens (including phenoxy) is 2. The van der Waals surface area contributed by atoms with E-state index in [1.807, 2.05) is 48.5 Å². The van der Waals surface area contributed by atoms with Gasteiger partial charge in [0.25, 0.3) is 0 Å². The monoisotopic (exact) mass is 334 g/mol. The van der Waals surface area contributed by atoms with Crippen molar-refractivity contribution in [3.8, 4) is 23.3 Å². The third-order valence-corrected chi connectivity index (χ3v) is 3.78. The van der Waals surface area contributed by atoms with Crippen molar-refractivity contribution in [3.63, 3.8) is 0 Å². The molecule has 0 aromatic heterocycles. The van der Waals surface area contributed by atoms with Crippen LogP contribution in [0.3, 0.4) is 0 Å². The highest BCUT2D eigenvalue weighted by atomic mass is 16.5. The zero-order chi connectivity index (χ0) is 17.7. The first-order valence-electron chi connectivity index (χ1n) is 8.85. The van der Waals surface area contributed by atoms with Crippen molar-refractivity contribution in [3.05, 3.63) is 71.8 Å². The molecule has 0 aliphatic carbocycles. The van der Waals surface area contributed by atoms with E-state index in [9.17, 15) is 0 Å². The van der Waals surface area contributed by atoms with Gasteiger partial charge >= 0.3 is 0 Å². The van der Waals surface area contributed by atoms with Crippen LogP contribution in [-0.2, 0) is 0 Å². The van der Waals surface area contributed by atoms with Crippen LogP contribution in [0.15, 0.2) is 60.7 Å². The average molecular weight is 334 g/mol. The first-order valence-corrected chi connectivity index (χ1v) is 8.85. The fourth-order valence-electron chi connectivity index (χ4n) is 2.30.